The van der Waals surface area contributed by atoms with Gasteiger partial charge in [-0.3, -0.25) is 4.79 Å². The molecule has 1 amide bonds. The number of para-hydroxylation sites is 2. The van der Waals surface area contributed by atoms with E-state index in [4.69, 9.17) is 19.9 Å². The second-order valence-electron chi connectivity index (χ2n) is 5.89. The van der Waals surface area contributed by atoms with Crippen molar-refractivity contribution in [3.05, 3.63) is 60.7 Å². The van der Waals surface area contributed by atoms with Gasteiger partial charge in [-0.25, -0.2) is 0 Å². The van der Waals surface area contributed by atoms with E-state index in [0.717, 1.165) is 13.0 Å². The number of hydrogen-bond acceptors (Lipinski definition) is 6. The van der Waals surface area contributed by atoms with E-state index < -0.39 is 5.91 Å². The van der Waals surface area contributed by atoms with Crippen molar-refractivity contribution in [1.82, 2.24) is 5.32 Å². The van der Waals surface area contributed by atoms with Crippen LogP contribution in [0.2, 0.25) is 0 Å². The SMILES string of the molecule is C=CCOc1ccccc1OCCCNCCOc1ccc(O)c(C(N)=O)c1. The Hall–Kier alpha value is -3.19. The lowest BCUT2D eigenvalue weighted by molar-refractivity contribution is 0.0997. The van der Waals surface area contributed by atoms with Crippen LogP contribution in [-0.4, -0.2) is 43.9 Å². The number of phenols is 1. The number of aromatic hydroxyl groups is 1. The minimum Gasteiger partial charge on any atom is -0.507 e. The molecule has 28 heavy (non-hydrogen) atoms. The molecule has 0 heterocycles. The monoisotopic (exact) mass is 386 g/mol. The molecule has 0 aliphatic carbocycles. The minimum atomic E-state index is -0.697. The maximum atomic E-state index is 11.2. The minimum absolute atomic E-state index is 0.0416. The first-order chi connectivity index (χ1) is 13.6. The molecule has 4 N–H and O–H groups in total. The zero-order valence-corrected chi connectivity index (χ0v) is 15.7. The number of rotatable bonds is 13. The van der Waals surface area contributed by atoms with Crippen molar-refractivity contribution in [3.63, 3.8) is 0 Å². The molecule has 0 spiro atoms. The molecule has 0 radical (unpaired) electrons. The summed E-state index contributed by atoms with van der Waals surface area (Å²) in [5, 5.41) is 12.8. The topological polar surface area (TPSA) is 103 Å². The molecular formula is C21H26N2O5. The van der Waals surface area contributed by atoms with Gasteiger partial charge in [-0.1, -0.05) is 24.8 Å². The van der Waals surface area contributed by atoms with Crippen LogP contribution in [0.1, 0.15) is 16.8 Å². The van der Waals surface area contributed by atoms with Gasteiger partial charge >= 0.3 is 0 Å². The van der Waals surface area contributed by atoms with Crippen LogP contribution in [0.3, 0.4) is 0 Å². The lowest BCUT2D eigenvalue weighted by atomic mass is 10.2. The van der Waals surface area contributed by atoms with Gasteiger partial charge in [0.25, 0.3) is 5.91 Å². The lowest BCUT2D eigenvalue weighted by Crippen LogP contribution is -2.23. The second kappa shape index (κ2) is 11.5. The first kappa shape index (κ1) is 21.1. The Morgan fingerprint density at radius 1 is 1.07 bits per heavy atom. The fourth-order valence-corrected chi connectivity index (χ4v) is 2.38. The molecular weight excluding hydrogens is 360 g/mol. The zero-order chi connectivity index (χ0) is 20.2. The number of nitrogens with one attached hydrogen (secondary N) is 1. The van der Waals surface area contributed by atoms with Crippen molar-refractivity contribution in [2.75, 3.05) is 32.9 Å². The average Bonchev–Trinajstić information content (AvgIpc) is 2.70. The van der Waals surface area contributed by atoms with E-state index in [9.17, 15) is 9.90 Å². The molecule has 0 fully saturated rings. The van der Waals surface area contributed by atoms with E-state index >= 15 is 0 Å². The summed E-state index contributed by atoms with van der Waals surface area (Å²) >= 11 is 0. The van der Waals surface area contributed by atoms with Crippen LogP contribution in [0.5, 0.6) is 23.0 Å². The number of nitrogens with two attached hydrogens (primary N) is 1. The van der Waals surface area contributed by atoms with Crippen LogP contribution >= 0.6 is 0 Å². The van der Waals surface area contributed by atoms with Crippen molar-refractivity contribution in [2.24, 2.45) is 5.73 Å². The van der Waals surface area contributed by atoms with E-state index in [1.807, 2.05) is 24.3 Å². The van der Waals surface area contributed by atoms with Crippen LogP contribution in [0, 0.1) is 0 Å². The third kappa shape index (κ3) is 6.85. The van der Waals surface area contributed by atoms with Gasteiger partial charge in [0.2, 0.25) is 0 Å². The summed E-state index contributed by atoms with van der Waals surface area (Å²) in [4.78, 5) is 11.2. The maximum Gasteiger partial charge on any atom is 0.252 e. The molecule has 0 saturated heterocycles. The van der Waals surface area contributed by atoms with Gasteiger partial charge in [0.05, 0.1) is 12.2 Å². The fourth-order valence-electron chi connectivity index (χ4n) is 2.38. The van der Waals surface area contributed by atoms with E-state index in [1.165, 1.54) is 12.1 Å². The number of benzene rings is 2. The van der Waals surface area contributed by atoms with Gasteiger partial charge in [0.1, 0.15) is 24.7 Å². The molecule has 2 aromatic rings. The Morgan fingerprint density at radius 3 is 2.54 bits per heavy atom. The molecule has 0 saturated carbocycles. The first-order valence-corrected chi connectivity index (χ1v) is 9.03. The van der Waals surface area contributed by atoms with Crippen molar-refractivity contribution in [3.8, 4) is 23.0 Å². The van der Waals surface area contributed by atoms with Crippen LogP contribution < -0.4 is 25.3 Å². The van der Waals surface area contributed by atoms with Crippen LogP contribution in [-0.2, 0) is 0 Å². The van der Waals surface area contributed by atoms with E-state index in [0.29, 0.717) is 43.6 Å². The van der Waals surface area contributed by atoms with Crippen LogP contribution in [0.25, 0.3) is 0 Å². The van der Waals surface area contributed by atoms with Gasteiger partial charge in [0.15, 0.2) is 11.5 Å². The molecule has 0 bridgehead atoms. The summed E-state index contributed by atoms with van der Waals surface area (Å²) in [6.07, 6.45) is 2.51. The van der Waals surface area contributed by atoms with Crippen molar-refractivity contribution >= 4 is 5.91 Å². The van der Waals surface area contributed by atoms with Gasteiger partial charge in [-0.15, -0.1) is 0 Å². The third-order valence-electron chi connectivity index (χ3n) is 3.74. The Bertz CT molecular complexity index is 779. The van der Waals surface area contributed by atoms with Gasteiger partial charge in [0, 0.05) is 6.54 Å². The molecule has 0 aromatic heterocycles. The Morgan fingerprint density at radius 2 is 1.82 bits per heavy atom. The summed E-state index contributed by atoms with van der Waals surface area (Å²) < 4.78 is 16.9. The molecule has 0 unspecified atom stereocenters. The largest absolute Gasteiger partial charge is 0.507 e. The molecule has 2 rings (SSSR count). The average molecular weight is 386 g/mol. The van der Waals surface area contributed by atoms with E-state index in [1.54, 1.807) is 12.1 Å². The molecule has 7 heteroatoms. The second-order valence-corrected chi connectivity index (χ2v) is 5.89. The number of ether oxygens (including phenoxy) is 3. The summed E-state index contributed by atoms with van der Waals surface area (Å²) in [5.74, 6) is 1.04. The summed E-state index contributed by atoms with van der Waals surface area (Å²) in [6.45, 7) is 6.44. The highest BCUT2D eigenvalue weighted by atomic mass is 16.5. The smallest absolute Gasteiger partial charge is 0.252 e. The lowest BCUT2D eigenvalue weighted by Gasteiger charge is -2.12. The number of hydrogen-bond donors (Lipinski definition) is 3. The third-order valence-corrected chi connectivity index (χ3v) is 3.74. The predicted octanol–water partition coefficient (Wildman–Crippen LogP) is 2.49. The number of carbonyl (C=O) groups excluding carboxylic acids is 1. The number of primary amides is 1. The van der Waals surface area contributed by atoms with Gasteiger partial charge < -0.3 is 30.4 Å². The predicted molar refractivity (Wildman–Crippen MR) is 107 cm³/mol. The standard InChI is InChI=1S/C21H26N2O5/c1-2-12-27-19-6-3-4-7-20(19)28-13-5-10-23-11-14-26-16-8-9-18(24)17(15-16)21(22)25/h2-4,6-9,15,23-24H,1,5,10-14H2,(H2,22,25). The Kier molecular flexibility index (Phi) is 8.68. The molecule has 0 aliphatic rings. The molecule has 7 nitrogen and oxygen atoms in total. The van der Waals surface area contributed by atoms with E-state index in [2.05, 4.69) is 11.9 Å². The molecule has 0 aliphatic heterocycles. The quantitative estimate of drug-likeness (QED) is 0.361. The van der Waals surface area contributed by atoms with Crippen molar-refractivity contribution < 1.29 is 24.1 Å². The highest BCUT2D eigenvalue weighted by molar-refractivity contribution is 5.95. The van der Waals surface area contributed by atoms with Crippen LogP contribution in [0.4, 0.5) is 0 Å². The van der Waals surface area contributed by atoms with Gasteiger partial charge in [-0.05, 0) is 43.3 Å². The van der Waals surface area contributed by atoms with Crippen LogP contribution in [0.15, 0.2) is 55.1 Å². The number of carbonyl (C=O) groups is 1. The summed E-state index contributed by atoms with van der Waals surface area (Å²) in [6, 6.07) is 11.9. The summed E-state index contributed by atoms with van der Waals surface area (Å²) in [7, 11) is 0. The zero-order valence-electron chi connectivity index (χ0n) is 15.7. The first-order valence-electron chi connectivity index (χ1n) is 9.03. The fraction of sp³-hybridized carbons (Fsp3) is 0.286. The molecule has 0 atom stereocenters. The summed E-state index contributed by atoms with van der Waals surface area (Å²) in [5.41, 5.74) is 5.23. The highest BCUT2D eigenvalue weighted by Crippen LogP contribution is 2.26. The van der Waals surface area contributed by atoms with Crippen molar-refractivity contribution in [1.29, 1.82) is 0 Å². The van der Waals surface area contributed by atoms with Gasteiger partial charge in [-0.2, -0.15) is 0 Å². The van der Waals surface area contributed by atoms with Crippen molar-refractivity contribution in [2.45, 2.75) is 6.42 Å². The molecule has 2 aromatic carbocycles. The number of amides is 1. The highest BCUT2D eigenvalue weighted by Gasteiger charge is 2.08. The Labute approximate surface area is 164 Å². The normalized spacial score (nSPS) is 10.3. The molecule has 150 valence electrons. The Balaban J connectivity index is 1.61. The van der Waals surface area contributed by atoms with E-state index in [-0.39, 0.29) is 11.3 Å². The maximum absolute atomic E-state index is 11.2.